The number of hydrogen-bond donors (Lipinski definition) is 2. The number of anilines is 1. The van der Waals surface area contributed by atoms with Gasteiger partial charge >= 0.3 is 5.97 Å². The van der Waals surface area contributed by atoms with Crippen LogP contribution in [-0.2, 0) is 4.74 Å². The number of pyridine rings is 1. The van der Waals surface area contributed by atoms with Crippen molar-refractivity contribution < 1.29 is 14.6 Å². The number of hydrogen-bond acceptors (Lipinski definition) is 5. The Morgan fingerprint density at radius 1 is 1.59 bits per heavy atom. The van der Waals surface area contributed by atoms with Crippen molar-refractivity contribution in [2.45, 2.75) is 20.3 Å². The lowest BCUT2D eigenvalue weighted by Gasteiger charge is -2.10. The van der Waals surface area contributed by atoms with E-state index in [2.05, 4.69) is 10.3 Å². The van der Waals surface area contributed by atoms with Gasteiger partial charge in [0.25, 0.3) is 0 Å². The van der Waals surface area contributed by atoms with Gasteiger partial charge in [-0.05, 0) is 19.4 Å². The molecule has 0 aliphatic rings. The molecule has 1 aromatic heterocycles. The SMILES string of the molecule is CCCNc1nc(O)c(Cl)cc1C(=O)OCC. The minimum absolute atomic E-state index is 0.0232. The maximum atomic E-state index is 11.6. The van der Waals surface area contributed by atoms with Gasteiger partial charge in [-0.1, -0.05) is 18.5 Å². The van der Waals surface area contributed by atoms with Crippen LogP contribution in [0.4, 0.5) is 5.82 Å². The first-order chi connectivity index (χ1) is 8.10. The van der Waals surface area contributed by atoms with E-state index in [1.165, 1.54) is 6.07 Å². The Morgan fingerprint density at radius 3 is 2.88 bits per heavy atom. The fourth-order valence-corrected chi connectivity index (χ4v) is 1.37. The fraction of sp³-hybridized carbons (Fsp3) is 0.455. The molecule has 0 aliphatic heterocycles. The minimum atomic E-state index is -0.513. The normalized spacial score (nSPS) is 10.1. The molecule has 6 heteroatoms. The Bertz CT molecular complexity index is 410. The second kappa shape index (κ2) is 6.30. The number of carbonyl (C=O) groups excluding carboxylic acids is 1. The largest absolute Gasteiger partial charge is 0.492 e. The third kappa shape index (κ3) is 3.49. The van der Waals surface area contributed by atoms with Gasteiger partial charge in [0.05, 0.1) is 6.61 Å². The Kier molecular flexibility index (Phi) is 5.03. The van der Waals surface area contributed by atoms with E-state index in [0.717, 1.165) is 6.42 Å². The van der Waals surface area contributed by atoms with Crippen molar-refractivity contribution in [2.24, 2.45) is 0 Å². The zero-order valence-electron chi connectivity index (χ0n) is 9.79. The zero-order chi connectivity index (χ0) is 12.8. The van der Waals surface area contributed by atoms with Crippen LogP contribution < -0.4 is 5.32 Å². The van der Waals surface area contributed by atoms with Gasteiger partial charge in [0.15, 0.2) is 0 Å². The monoisotopic (exact) mass is 258 g/mol. The number of nitrogens with one attached hydrogen (secondary N) is 1. The number of esters is 1. The summed E-state index contributed by atoms with van der Waals surface area (Å²) >= 11 is 5.72. The summed E-state index contributed by atoms with van der Waals surface area (Å²) in [7, 11) is 0. The average Bonchev–Trinajstić information content (AvgIpc) is 2.30. The molecule has 0 atom stereocenters. The lowest BCUT2D eigenvalue weighted by Crippen LogP contribution is -2.12. The molecule has 0 saturated carbocycles. The van der Waals surface area contributed by atoms with Crippen LogP contribution in [0.25, 0.3) is 0 Å². The van der Waals surface area contributed by atoms with Crippen molar-refractivity contribution in [2.75, 3.05) is 18.5 Å². The maximum absolute atomic E-state index is 11.6. The lowest BCUT2D eigenvalue weighted by molar-refractivity contribution is 0.0527. The molecule has 0 unspecified atom stereocenters. The number of ether oxygens (including phenoxy) is 1. The Balaban J connectivity index is 3.06. The van der Waals surface area contributed by atoms with E-state index in [-0.39, 0.29) is 28.9 Å². The number of aromatic nitrogens is 1. The highest BCUT2D eigenvalue weighted by molar-refractivity contribution is 6.32. The smallest absolute Gasteiger partial charge is 0.341 e. The van der Waals surface area contributed by atoms with E-state index in [0.29, 0.717) is 6.54 Å². The van der Waals surface area contributed by atoms with Gasteiger partial charge in [0.2, 0.25) is 5.88 Å². The second-order valence-electron chi connectivity index (χ2n) is 3.34. The fourth-order valence-electron chi connectivity index (χ4n) is 1.22. The van der Waals surface area contributed by atoms with Crippen molar-refractivity contribution in [3.05, 3.63) is 16.7 Å². The molecule has 1 heterocycles. The zero-order valence-corrected chi connectivity index (χ0v) is 10.5. The molecule has 0 fully saturated rings. The second-order valence-corrected chi connectivity index (χ2v) is 3.74. The summed E-state index contributed by atoms with van der Waals surface area (Å²) in [4.78, 5) is 15.5. The van der Waals surface area contributed by atoms with Crippen molar-refractivity contribution in [3.63, 3.8) is 0 Å². The Morgan fingerprint density at radius 2 is 2.29 bits per heavy atom. The maximum Gasteiger partial charge on any atom is 0.341 e. The molecule has 2 N–H and O–H groups in total. The molecule has 0 bridgehead atoms. The summed E-state index contributed by atoms with van der Waals surface area (Å²) in [5, 5.41) is 12.4. The predicted molar refractivity (Wildman–Crippen MR) is 65.6 cm³/mol. The number of nitrogens with zero attached hydrogens (tertiary/aromatic N) is 1. The quantitative estimate of drug-likeness (QED) is 0.794. The van der Waals surface area contributed by atoms with Crippen LogP contribution in [0.5, 0.6) is 5.88 Å². The van der Waals surface area contributed by atoms with Gasteiger partial charge in [0, 0.05) is 6.54 Å². The molecule has 5 nitrogen and oxygen atoms in total. The Labute approximate surface area is 105 Å². The van der Waals surface area contributed by atoms with E-state index in [9.17, 15) is 9.90 Å². The standard InChI is InChI=1S/C11H15ClN2O3/c1-3-5-13-9-7(11(16)17-4-2)6-8(12)10(15)14-9/h6H,3-5H2,1-2H3,(H2,13,14,15). The molecule has 1 rings (SSSR count). The highest BCUT2D eigenvalue weighted by Gasteiger charge is 2.17. The lowest BCUT2D eigenvalue weighted by atomic mass is 10.2. The molecule has 1 aromatic rings. The number of rotatable bonds is 5. The summed E-state index contributed by atoms with van der Waals surface area (Å²) < 4.78 is 4.88. The third-order valence-corrected chi connectivity index (χ3v) is 2.27. The molecule has 17 heavy (non-hydrogen) atoms. The summed E-state index contributed by atoms with van der Waals surface area (Å²) in [5.74, 6) is -0.536. The summed E-state index contributed by atoms with van der Waals surface area (Å²) in [6.45, 7) is 4.60. The first kappa shape index (κ1) is 13.6. The number of aromatic hydroxyl groups is 1. The van der Waals surface area contributed by atoms with Gasteiger partial charge in [-0.3, -0.25) is 0 Å². The van der Waals surface area contributed by atoms with Crippen molar-refractivity contribution in [3.8, 4) is 5.88 Å². The molecule has 0 radical (unpaired) electrons. The molecule has 0 saturated heterocycles. The molecule has 0 aromatic carbocycles. The first-order valence-electron chi connectivity index (χ1n) is 5.40. The number of halogens is 1. The first-order valence-corrected chi connectivity index (χ1v) is 5.78. The molecule has 0 aliphatic carbocycles. The van der Waals surface area contributed by atoms with Gasteiger partial charge < -0.3 is 15.2 Å². The van der Waals surface area contributed by atoms with Crippen LogP contribution in [0, 0.1) is 0 Å². The highest BCUT2D eigenvalue weighted by atomic mass is 35.5. The van der Waals surface area contributed by atoms with Crippen LogP contribution >= 0.6 is 11.6 Å². The third-order valence-electron chi connectivity index (χ3n) is 2.00. The van der Waals surface area contributed by atoms with Crippen LogP contribution in [0.1, 0.15) is 30.6 Å². The molecule has 0 amide bonds. The van der Waals surface area contributed by atoms with E-state index in [4.69, 9.17) is 16.3 Å². The highest BCUT2D eigenvalue weighted by Crippen LogP contribution is 2.26. The summed E-state index contributed by atoms with van der Waals surface area (Å²) in [6, 6.07) is 1.35. The molecular formula is C11H15ClN2O3. The summed E-state index contributed by atoms with van der Waals surface area (Å²) in [6.07, 6.45) is 0.868. The van der Waals surface area contributed by atoms with Crippen molar-refractivity contribution >= 4 is 23.4 Å². The minimum Gasteiger partial charge on any atom is -0.492 e. The Hall–Kier alpha value is -1.49. The van der Waals surface area contributed by atoms with Crippen LogP contribution in [0.2, 0.25) is 5.02 Å². The number of carbonyl (C=O) groups is 1. The van der Waals surface area contributed by atoms with Crippen molar-refractivity contribution in [1.29, 1.82) is 0 Å². The predicted octanol–water partition coefficient (Wildman–Crippen LogP) is 2.44. The summed E-state index contributed by atoms with van der Waals surface area (Å²) in [5.41, 5.74) is 0.225. The molecular weight excluding hydrogens is 244 g/mol. The van der Waals surface area contributed by atoms with Crippen molar-refractivity contribution in [1.82, 2.24) is 4.98 Å². The molecule has 94 valence electrons. The molecule has 0 spiro atoms. The van der Waals surface area contributed by atoms with Crippen LogP contribution in [0.3, 0.4) is 0 Å². The van der Waals surface area contributed by atoms with Crippen LogP contribution in [-0.4, -0.2) is 29.2 Å². The van der Waals surface area contributed by atoms with Gasteiger partial charge in [-0.15, -0.1) is 0 Å². The average molecular weight is 259 g/mol. The van der Waals surface area contributed by atoms with E-state index >= 15 is 0 Å². The van der Waals surface area contributed by atoms with E-state index in [1.807, 2.05) is 6.92 Å². The van der Waals surface area contributed by atoms with E-state index in [1.54, 1.807) is 6.92 Å². The van der Waals surface area contributed by atoms with Gasteiger partial charge in [0.1, 0.15) is 16.4 Å². The van der Waals surface area contributed by atoms with Gasteiger partial charge in [-0.25, -0.2) is 4.79 Å². The van der Waals surface area contributed by atoms with Gasteiger partial charge in [-0.2, -0.15) is 4.98 Å². The topological polar surface area (TPSA) is 71.5 Å². The van der Waals surface area contributed by atoms with Crippen LogP contribution in [0.15, 0.2) is 6.07 Å². The van der Waals surface area contributed by atoms with E-state index < -0.39 is 5.97 Å².